The van der Waals surface area contributed by atoms with Crippen molar-refractivity contribution >= 4 is 47.5 Å². The maximum absolute atomic E-state index is 12.4. The van der Waals surface area contributed by atoms with E-state index in [0.717, 1.165) is 11.3 Å². The van der Waals surface area contributed by atoms with E-state index in [0.29, 0.717) is 17.1 Å². The van der Waals surface area contributed by atoms with Crippen LogP contribution in [-0.2, 0) is 42.7 Å². The van der Waals surface area contributed by atoms with Gasteiger partial charge in [0.15, 0.2) is 0 Å². The second-order valence-electron chi connectivity index (χ2n) is 11.0. The molecule has 0 saturated heterocycles. The fraction of sp³-hybridized carbons (Fsp3) is 0.367. The molecule has 2 aromatic heterocycles. The van der Waals surface area contributed by atoms with Crippen LogP contribution in [0.15, 0.2) is 55.0 Å². The summed E-state index contributed by atoms with van der Waals surface area (Å²) in [5.74, 6) is -0.251. The molecule has 0 aliphatic heterocycles. The molecule has 0 aliphatic carbocycles. The first-order valence-corrected chi connectivity index (χ1v) is 13.0. The Balaban J connectivity index is 0.000000780. The zero-order chi connectivity index (χ0) is 34.1. The minimum Gasteiger partial charge on any atom is -0.444 e. The Labute approximate surface area is 255 Å². The number of nitrogens with zero attached hydrogens (tertiary/aromatic N) is 2. The maximum atomic E-state index is 12.4. The van der Waals surface area contributed by atoms with Crippen molar-refractivity contribution in [1.82, 2.24) is 9.13 Å². The number of nitrogens with one attached hydrogen (secondary N) is 3. The van der Waals surface area contributed by atoms with Gasteiger partial charge in [-0.3, -0.25) is 15.4 Å². The van der Waals surface area contributed by atoms with Gasteiger partial charge in [0.2, 0.25) is 0 Å². The van der Waals surface area contributed by atoms with Gasteiger partial charge in [0.05, 0.1) is 11.4 Å². The highest BCUT2D eigenvalue weighted by Crippen LogP contribution is 2.17. The van der Waals surface area contributed by atoms with Gasteiger partial charge in [-0.2, -0.15) is 19.2 Å². The third-order valence-electron chi connectivity index (χ3n) is 4.67. The van der Waals surface area contributed by atoms with Crippen LogP contribution in [0.1, 0.15) is 57.6 Å². The van der Waals surface area contributed by atoms with Crippen molar-refractivity contribution in [3.05, 3.63) is 66.2 Å². The molecular formula is C30H39N5O9. The van der Waals surface area contributed by atoms with Crippen LogP contribution in [0.4, 0.5) is 26.7 Å². The highest BCUT2D eigenvalue weighted by atomic mass is 16.6. The molecule has 14 nitrogen and oxygen atoms in total. The summed E-state index contributed by atoms with van der Waals surface area (Å²) in [5, 5.41) is 8.09. The molecule has 44 heavy (non-hydrogen) atoms. The Morgan fingerprint density at radius 3 is 1.55 bits per heavy atom. The SMILES string of the molecule is Cc1ccc(NC(=O)c2cc(NC(=O)OC(C)(C)C)cn2C)cc1.Cn1ccc(NC(=O)OC(C)(C)C)c1.O=C=O.O=C=O. The number of carbonyl (C=O) groups is 3. The van der Waals surface area contributed by atoms with Crippen molar-refractivity contribution in [3.63, 3.8) is 0 Å². The molecule has 0 bridgehead atoms. The van der Waals surface area contributed by atoms with Gasteiger partial charge in [-0.25, -0.2) is 9.59 Å². The van der Waals surface area contributed by atoms with Crippen molar-refractivity contribution in [2.75, 3.05) is 16.0 Å². The monoisotopic (exact) mass is 613 g/mol. The molecule has 0 radical (unpaired) electrons. The molecule has 0 unspecified atom stereocenters. The number of aryl methyl sites for hydroxylation is 3. The van der Waals surface area contributed by atoms with Crippen molar-refractivity contribution in [3.8, 4) is 0 Å². The highest BCUT2D eigenvalue weighted by molar-refractivity contribution is 6.04. The van der Waals surface area contributed by atoms with E-state index in [4.69, 9.17) is 28.7 Å². The lowest BCUT2D eigenvalue weighted by Crippen LogP contribution is -2.27. The molecule has 0 atom stereocenters. The number of benzene rings is 1. The quantitative estimate of drug-likeness (QED) is 0.358. The van der Waals surface area contributed by atoms with Crippen LogP contribution in [0.3, 0.4) is 0 Å². The lowest BCUT2D eigenvalue weighted by Gasteiger charge is -2.19. The van der Waals surface area contributed by atoms with E-state index in [-0.39, 0.29) is 18.2 Å². The average molecular weight is 614 g/mol. The smallest absolute Gasteiger partial charge is 0.412 e. The Bertz CT molecular complexity index is 1420. The lowest BCUT2D eigenvalue weighted by atomic mass is 10.2. The number of amides is 3. The van der Waals surface area contributed by atoms with E-state index in [1.807, 2.05) is 82.0 Å². The molecule has 3 aromatic rings. The molecule has 0 fully saturated rings. The standard InChI is InChI=1S/C18H23N3O3.C10H16N2O2.2CO2/c1-12-6-8-13(9-7-12)19-16(22)15-10-14(11-21(15)5)20-17(23)24-18(2,3)4;1-10(2,3)14-9(13)11-8-5-6-12(4)7-8;2*2-1-3/h6-11H,1-5H3,(H,19,22)(H,20,23);5-7H,1-4H3,(H,11,13);;. The molecule has 3 amide bonds. The molecule has 2 heterocycles. The van der Waals surface area contributed by atoms with Crippen molar-refractivity contribution in [2.45, 2.75) is 59.7 Å². The predicted molar refractivity (Wildman–Crippen MR) is 160 cm³/mol. The first-order valence-electron chi connectivity index (χ1n) is 13.0. The summed E-state index contributed by atoms with van der Waals surface area (Å²) in [6, 6.07) is 11.0. The van der Waals surface area contributed by atoms with Gasteiger partial charge in [0.25, 0.3) is 5.91 Å². The largest absolute Gasteiger partial charge is 0.444 e. The van der Waals surface area contributed by atoms with Gasteiger partial charge in [-0.15, -0.1) is 0 Å². The Kier molecular flexibility index (Phi) is 15.9. The van der Waals surface area contributed by atoms with Gasteiger partial charge >= 0.3 is 24.5 Å². The molecule has 14 heteroatoms. The van der Waals surface area contributed by atoms with Crippen LogP contribution in [0.5, 0.6) is 0 Å². The number of carbonyl (C=O) groups excluding carboxylic acids is 7. The molecule has 3 N–H and O–H groups in total. The number of anilines is 3. The van der Waals surface area contributed by atoms with Gasteiger partial charge in [-0.05, 0) is 72.7 Å². The number of ether oxygens (including phenoxy) is 2. The highest BCUT2D eigenvalue weighted by Gasteiger charge is 2.19. The van der Waals surface area contributed by atoms with E-state index in [9.17, 15) is 14.4 Å². The summed E-state index contributed by atoms with van der Waals surface area (Å²) in [4.78, 5) is 68.0. The molecular weight excluding hydrogens is 574 g/mol. The normalized spacial score (nSPS) is 9.93. The van der Waals surface area contributed by atoms with Crippen LogP contribution in [0.2, 0.25) is 0 Å². The van der Waals surface area contributed by atoms with E-state index in [1.54, 1.807) is 44.6 Å². The van der Waals surface area contributed by atoms with Gasteiger partial charge in [0.1, 0.15) is 16.9 Å². The number of rotatable bonds is 4. The second kappa shape index (κ2) is 18.2. The molecule has 0 spiro atoms. The molecule has 0 aliphatic rings. The van der Waals surface area contributed by atoms with Crippen LogP contribution in [0, 0.1) is 6.92 Å². The van der Waals surface area contributed by atoms with Crippen LogP contribution in [-0.4, -0.2) is 50.7 Å². The molecule has 3 rings (SSSR count). The van der Waals surface area contributed by atoms with Crippen LogP contribution >= 0.6 is 0 Å². The van der Waals surface area contributed by atoms with Gasteiger partial charge in [0, 0.05) is 38.4 Å². The van der Waals surface area contributed by atoms with Gasteiger partial charge < -0.3 is 23.9 Å². The molecule has 0 saturated carbocycles. The maximum Gasteiger partial charge on any atom is 0.412 e. The topological polar surface area (TPSA) is 184 Å². The Hall–Kier alpha value is -5.45. The van der Waals surface area contributed by atoms with Crippen molar-refractivity contribution < 1.29 is 43.0 Å². The third kappa shape index (κ3) is 17.4. The van der Waals surface area contributed by atoms with Crippen LogP contribution < -0.4 is 16.0 Å². The summed E-state index contributed by atoms with van der Waals surface area (Å²) in [7, 11) is 3.63. The van der Waals surface area contributed by atoms with E-state index >= 15 is 0 Å². The Morgan fingerprint density at radius 2 is 1.14 bits per heavy atom. The summed E-state index contributed by atoms with van der Waals surface area (Å²) < 4.78 is 13.8. The van der Waals surface area contributed by atoms with E-state index < -0.39 is 23.4 Å². The van der Waals surface area contributed by atoms with E-state index in [2.05, 4.69) is 16.0 Å². The first kappa shape index (κ1) is 38.5. The summed E-state index contributed by atoms with van der Waals surface area (Å²) in [5.41, 5.74) is 2.47. The average Bonchev–Trinajstić information content (AvgIpc) is 3.43. The number of aromatic nitrogens is 2. The van der Waals surface area contributed by atoms with Gasteiger partial charge in [-0.1, -0.05) is 17.7 Å². The fourth-order valence-corrected chi connectivity index (χ4v) is 3.11. The second-order valence-corrected chi connectivity index (χ2v) is 11.0. The third-order valence-corrected chi connectivity index (χ3v) is 4.67. The summed E-state index contributed by atoms with van der Waals surface area (Å²) in [6.45, 7) is 12.8. The summed E-state index contributed by atoms with van der Waals surface area (Å²) >= 11 is 0. The van der Waals surface area contributed by atoms with Crippen LogP contribution in [0.25, 0.3) is 0 Å². The Morgan fingerprint density at radius 1 is 0.682 bits per heavy atom. The minimum atomic E-state index is -0.579. The first-order chi connectivity index (χ1) is 20.3. The summed E-state index contributed by atoms with van der Waals surface area (Å²) in [6.07, 6.45) is 4.84. The lowest BCUT2D eigenvalue weighted by molar-refractivity contribution is -0.193. The van der Waals surface area contributed by atoms with Crippen molar-refractivity contribution in [1.29, 1.82) is 0 Å². The van der Waals surface area contributed by atoms with E-state index in [1.165, 1.54) is 0 Å². The number of hydrogen-bond donors (Lipinski definition) is 3. The fourth-order valence-electron chi connectivity index (χ4n) is 3.11. The van der Waals surface area contributed by atoms with Crippen molar-refractivity contribution in [2.24, 2.45) is 14.1 Å². The minimum absolute atomic E-state index is 0.250. The predicted octanol–water partition coefficient (Wildman–Crippen LogP) is 5.14. The zero-order valence-corrected chi connectivity index (χ0v) is 26.3. The molecule has 1 aromatic carbocycles. The zero-order valence-electron chi connectivity index (χ0n) is 26.3. The molecule has 238 valence electrons. The number of hydrogen-bond acceptors (Lipinski definition) is 9.